The molecule has 0 aliphatic heterocycles. The number of hydrogen-bond donors (Lipinski definition) is 1. The fourth-order valence-electron chi connectivity index (χ4n) is 2.98. The summed E-state index contributed by atoms with van der Waals surface area (Å²) < 4.78 is 29.0. The predicted octanol–water partition coefficient (Wildman–Crippen LogP) is 5.22. The first-order chi connectivity index (χ1) is 14.4. The number of pyridine rings is 2. The number of nitrogens with one attached hydrogen (secondary N) is 1. The lowest BCUT2D eigenvalue weighted by molar-refractivity contribution is 0.102. The molecule has 4 aromatic rings. The number of halogens is 4. The molecule has 30 heavy (non-hydrogen) atoms. The molecular weight excluding hydrogens is 435 g/mol. The van der Waals surface area contributed by atoms with Crippen LogP contribution in [0.4, 0.5) is 14.5 Å². The van der Waals surface area contributed by atoms with Gasteiger partial charge in [-0.1, -0.05) is 29.3 Å². The van der Waals surface area contributed by atoms with Crippen LogP contribution in [-0.4, -0.2) is 15.5 Å². The quantitative estimate of drug-likeness (QED) is 0.469. The third-order valence-electron chi connectivity index (χ3n) is 4.38. The van der Waals surface area contributed by atoms with Crippen molar-refractivity contribution in [2.45, 2.75) is 0 Å². The van der Waals surface area contributed by atoms with Crippen LogP contribution in [0, 0.1) is 11.6 Å². The standard InChI is InChI=1S/C21H11Cl2F2N3O2/c22-14-4-1-5-15(23)18(14)27-21(30)13-10-28(17-7-6-11(24)9-16(17)25)20-12(19(13)29)3-2-8-26-20/h1-10H,(H,27,30). The Morgan fingerprint density at radius 1 is 1.03 bits per heavy atom. The Morgan fingerprint density at radius 2 is 1.77 bits per heavy atom. The van der Waals surface area contributed by atoms with Gasteiger partial charge in [0.15, 0.2) is 0 Å². The van der Waals surface area contributed by atoms with Gasteiger partial charge in [-0.2, -0.15) is 0 Å². The van der Waals surface area contributed by atoms with Gasteiger partial charge in [-0.15, -0.1) is 0 Å². The van der Waals surface area contributed by atoms with Crippen molar-refractivity contribution in [1.29, 1.82) is 0 Å². The monoisotopic (exact) mass is 445 g/mol. The molecule has 0 saturated carbocycles. The minimum Gasteiger partial charge on any atom is -0.319 e. The number of fused-ring (bicyclic) bond motifs is 1. The predicted molar refractivity (Wildman–Crippen MR) is 112 cm³/mol. The van der Waals surface area contributed by atoms with Gasteiger partial charge in [0.05, 0.1) is 26.8 Å². The second kappa shape index (κ2) is 7.85. The van der Waals surface area contributed by atoms with Crippen LogP contribution in [0.1, 0.15) is 10.4 Å². The molecule has 0 atom stereocenters. The molecule has 150 valence electrons. The molecule has 0 fully saturated rings. The molecule has 9 heteroatoms. The lowest BCUT2D eigenvalue weighted by Gasteiger charge is -2.14. The maximum absolute atomic E-state index is 14.4. The number of benzene rings is 2. The Bertz CT molecular complexity index is 1350. The number of anilines is 1. The van der Waals surface area contributed by atoms with E-state index in [9.17, 15) is 18.4 Å². The summed E-state index contributed by atoms with van der Waals surface area (Å²) in [6.45, 7) is 0. The minimum atomic E-state index is -0.883. The molecule has 0 aliphatic carbocycles. The van der Waals surface area contributed by atoms with Crippen molar-refractivity contribution in [1.82, 2.24) is 9.55 Å². The fourth-order valence-corrected chi connectivity index (χ4v) is 3.47. The number of hydrogen-bond acceptors (Lipinski definition) is 3. The van der Waals surface area contributed by atoms with Crippen LogP contribution < -0.4 is 10.7 Å². The topological polar surface area (TPSA) is 64.0 Å². The van der Waals surface area contributed by atoms with E-state index in [0.29, 0.717) is 6.07 Å². The lowest BCUT2D eigenvalue weighted by Crippen LogP contribution is -2.24. The lowest BCUT2D eigenvalue weighted by atomic mass is 10.1. The van der Waals surface area contributed by atoms with Crippen molar-refractivity contribution in [3.8, 4) is 5.69 Å². The first-order valence-corrected chi connectivity index (χ1v) is 9.33. The van der Waals surface area contributed by atoms with E-state index < -0.39 is 23.0 Å². The number of amides is 1. The van der Waals surface area contributed by atoms with Gasteiger partial charge in [0.1, 0.15) is 22.8 Å². The van der Waals surface area contributed by atoms with Crippen molar-refractivity contribution in [2.24, 2.45) is 0 Å². The summed E-state index contributed by atoms with van der Waals surface area (Å²) in [5.74, 6) is -2.44. The van der Waals surface area contributed by atoms with E-state index in [2.05, 4.69) is 10.3 Å². The summed E-state index contributed by atoms with van der Waals surface area (Å²) in [6.07, 6.45) is 2.57. The van der Waals surface area contributed by atoms with E-state index >= 15 is 0 Å². The molecular formula is C21H11Cl2F2N3O2. The highest BCUT2D eigenvalue weighted by Crippen LogP contribution is 2.30. The van der Waals surface area contributed by atoms with E-state index in [1.54, 1.807) is 6.07 Å². The largest absolute Gasteiger partial charge is 0.319 e. The van der Waals surface area contributed by atoms with Crippen LogP contribution in [0.25, 0.3) is 16.7 Å². The zero-order valence-electron chi connectivity index (χ0n) is 15.0. The summed E-state index contributed by atoms with van der Waals surface area (Å²) in [5, 5.41) is 2.96. The number of para-hydroxylation sites is 1. The molecule has 0 radical (unpaired) electrons. The molecule has 0 bridgehead atoms. The van der Waals surface area contributed by atoms with E-state index in [-0.39, 0.29) is 38.0 Å². The van der Waals surface area contributed by atoms with E-state index in [1.165, 1.54) is 41.1 Å². The summed E-state index contributed by atoms with van der Waals surface area (Å²) in [4.78, 5) is 29.9. The van der Waals surface area contributed by atoms with Gasteiger partial charge < -0.3 is 5.32 Å². The summed E-state index contributed by atoms with van der Waals surface area (Å²) >= 11 is 12.2. The first kappa shape index (κ1) is 20.0. The second-order valence-electron chi connectivity index (χ2n) is 6.26. The van der Waals surface area contributed by atoms with Crippen LogP contribution in [0.2, 0.25) is 10.0 Å². The third kappa shape index (κ3) is 3.53. The summed E-state index contributed by atoms with van der Waals surface area (Å²) in [7, 11) is 0. The first-order valence-electron chi connectivity index (χ1n) is 8.58. The fraction of sp³-hybridized carbons (Fsp3) is 0. The number of nitrogens with zero attached hydrogens (tertiary/aromatic N) is 2. The summed E-state index contributed by atoms with van der Waals surface area (Å²) in [6, 6.07) is 10.6. The Labute approximate surface area is 178 Å². The molecule has 0 unspecified atom stereocenters. The highest BCUT2D eigenvalue weighted by Gasteiger charge is 2.20. The van der Waals surface area contributed by atoms with Gasteiger partial charge in [0.25, 0.3) is 5.91 Å². The summed E-state index contributed by atoms with van der Waals surface area (Å²) in [5.41, 5.74) is -0.742. The van der Waals surface area contributed by atoms with E-state index in [1.807, 2.05) is 0 Å². The zero-order chi connectivity index (χ0) is 21.4. The highest BCUT2D eigenvalue weighted by molar-refractivity contribution is 6.40. The van der Waals surface area contributed by atoms with Crippen molar-refractivity contribution < 1.29 is 13.6 Å². The Morgan fingerprint density at radius 3 is 2.47 bits per heavy atom. The van der Waals surface area contributed by atoms with Crippen molar-refractivity contribution in [3.05, 3.63) is 98.4 Å². The van der Waals surface area contributed by atoms with Crippen LogP contribution in [0.5, 0.6) is 0 Å². The maximum atomic E-state index is 14.4. The van der Waals surface area contributed by atoms with Crippen LogP contribution in [0.3, 0.4) is 0 Å². The van der Waals surface area contributed by atoms with Gasteiger partial charge in [-0.05, 0) is 36.4 Å². The van der Waals surface area contributed by atoms with Crippen molar-refractivity contribution >= 4 is 45.8 Å². The Kier molecular flexibility index (Phi) is 5.24. The molecule has 2 aromatic heterocycles. The van der Waals surface area contributed by atoms with Crippen LogP contribution in [0.15, 0.2) is 65.7 Å². The second-order valence-corrected chi connectivity index (χ2v) is 7.08. The average molecular weight is 446 g/mol. The smallest absolute Gasteiger partial charge is 0.261 e. The number of carbonyl (C=O) groups excluding carboxylic acids is 1. The van der Waals surface area contributed by atoms with Gasteiger partial charge in [-0.25, -0.2) is 13.8 Å². The SMILES string of the molecule is O=C(Nc1c(Cl)cccc1Cl)c1cn(-c2ccc(F)cc2F)c2ncccc2c1=O. The van der Waals surface area contributed by atoms with Crippen LogP contribution in [-0.2, 0) is 0 Å². The van der Waals surface area contributed by atoms with Gasteiger partial charge in [0.2, 0.25) is 5.43 Å². The normalized spacial score (nSPS) is 10.9. The van der Waals surface area contributed by atoms with Crippen molar-refractivity contribution in [3.63, 3.8) is 0 Å². The van der Waals surface area contributed by atoms with Crippen LogP contribution >= 0.6 is 23.2 Å². The molecule has 1 amide bonds. The maximum Gasteiger partial charge on any atom is 0.261 e. The highest BCUT2D eigenvalue weighted by atomic mass is 35.5. The third-order valence-corrected chi connectivity index (χ3v) is 5.01. The molecule has 0 aliphatic rings. The molecule has 4 rings (SSSR count). The molecule has 2 heterocycles. The van der Waals surface area contributed by atoms with Gasteiger partial charge in [0, 0.05) is 18.5 Å². The van der Waals surface area contributed by atoms with E-state index in [4.69, 9.17) is 23.2 Å². The molecule has 0 saturated heterocycles. The average Bonchev–Trinajstić information content (AvgIpc) is 2.72. The Hall–Kier alpha value is -3.29. The number of aromatic nitrogens is 2. The van der Waals surface area contributed by atoms with Gasteiger partial charge in [-0.3, -0.25) is 14.2 Å². The van der Waals surface area contributed by atoms with Crippen molar-refractivity contribution in [2.75, 3.05) is 5.32 Å². The Balaban J connectivity index is 1.92. The molecule has 5 nitrogen and oxygen atoms in total. The molecule has 2 aromatic carbocycles. The van der Waals surface area contributed by atoms with E-state index in [0.717, 1.165) is 12.3 Å². The zero-order valence-corrected chi connectivity index (χ0v) is 16.5. The molecule has 0 spiro atoms. The minimum absolute atomic E-state index is 0.0788. The number of rotatable bonds is 3. The number of carbonyl (C=O) groups is 1. The van der Waals surface area contributed by atoms with Gasteiger partial charge >= 0.3 is 0 Å². The molecule has 1 N–H and O–H groups in total.